The smallest absolute Gasteiger partial charge is 0.275 e. The number of rotatable bonds is 4. The number of carbonyl (C=O) groups excluding carboxylic acids is 1. The predicted molar refractivity (Wildman–Crippen MR) is 103 cm³/mol. The number of aromatic nitrogens is 2. The van der Waals surface area contributed by atoms with E-state index in [1.807, 2.05) is 35.2 Å². The van der Waals surface area contributed by atoms with E-state index in [1.54, 1.807) is 6.20 Å². The molecule has 144 valence electrons. The van der Waals surface area contributed by atoms with Crippen molar-refractivity contribution >= 4 is 16.8 Å². The zero-order valence-electron chi connectivity index (χ0n) is 15.6. The molecule has 2 saturated heterocycles. The summed E-state index contributed by atoms with van der Waals surface area (Å²) in [5.41, 5.74) is 1.14. The molecule has 0 unspecified atom stereocenters. The number of amides is 1. The van der Waals surface area contributed by atoms with Crippen LogP contribution < -0.4 is 4.74 Å². The van der Waals surface area contributed by atoms with Crippen LogP contribution in [0.15, 0.2) is 47.2 Å². The number of ether oxygens (including phenoxy) is 1. The molecule has 0 saturated carbocycles. The first-order chi connectivity index (χ1) is 13.8. The van der Waals surface area contributed by atoms with E-state index in [0.29, 0.717) is 23.4 Å². The lowest BCUT2D eigenvalue weighted by atomic mass is 10.1. The van der Waals surface area contributed by atoms with Crippen LogP contribution in [0.2, 0.25) is 0 Å². The van der Waals surface area contributed by atoms with Gasteiger partial charge in [-0.3, -0.25) is 14.7 Å². The molecule has 0 aliphatic carbocycles. The van der Waals surface area contributed by atoms with Crippen LogP contribution in [0.4, 0.5) is 0 Å². The fourth-order valence-electron chi connectivity index (χ4n) is 4.15. The van der Waals surface area contributed by atoms with E-state index in [1.165, 1.54) is 19.1 Å². The molecule has 2 aliphatic rings. The van der Waals surface area contributed by atoms with Crippen molar-refractivity contribution in [3.63, 3.8) is 0 Å². The van der Waals surface area contributed by atoms with Crippen LogP contribution in [0.5, 0.6) is 5.75 Å². The average Bonchev–Trinajstić information content (AvgIpc) is 3.40. The standard InChI is InChI=1S/C21H22N4O3/c26-21(25-11-10-24-9-3-6-16(24)12-25)17-13-28-19(23-17)14-27-18-7-1-4-15-5-2-8-22-20(15)18/h1-2,4-5,7-8,13,16H,3,6,9-12,14H2/t16-/m0/s1. The molecule has 0 radical (unpaired) electrons. The van der Waals surface area contributed by atoms with Gasteiger partial charge in [-0.05, 0) is 31.5 Å². The van der Waals surface area contributed by atoms with E-state index in [-0.39, 0.29) is 12.5 Å². The van der Waals surface area contributed by atoms with Gasteiger partial charge in [0.15, 0.2) is 12.3 Å². The number of piperazine rings is 1. The van der Waals surface area contributed by atoms with Gasteiger partial charge in [-0.2, -0.15) is 0 Å². The van der Waals surface area contributed by atoms with E-state index in [0.717, 1.165) is 37.1 Å². The normalized spacial score (nSPS) is 19.7. The molecule has 1 aromatic carbocycles. The SMILES string of the molecule is O=C(c1coc(COc2cccc3cccnc23)n1)N1CCN2CCC[C@H]2C1. The molecule has 7 nitrogen and oxygen atoms in total. The van der Waals surface area contributed by atoms with E-state index in [9.17, 15) is 4.79 Å². The Bertz CT molecular complexity index is 997. The summed E-state index contributed by atoms with van der Waals surface area (Å²) >= 11 is 0. The maximum absolute atomic E-state index is 12.8. The van der Waals surface area contributed by atoms with Crippen molar-refractivity contribution in [1.29, 1.82) is 0 Å². The molecule has 2 fully saturated rings. The maximum Gasteiger partial charge on any atom is 0.275 e. The van der Waals surface area contributed by atoms with E-state index >= 15 is 0 Å². The van der Waals surface area contributed by atoms with Crippen molar-refractivity contribution < 1.29 is 13.9 Å². The van der Waals surface area contributed by atoms with Crippen molar-refractivity contribution in [2.45, 2.75) is 25.5 Å². The van der Waals surface area contributed by atoms with Gasteiger partial charge in [0.25, 0.3) is 5.91 Å². The quantitative estimate of drug-likeness (QED) is 0.695. The van der Waals surface area contributed by atoms with Crippen LogP contribution >= 0.6 is 0 Å². The minimum absolute atomic E-state index is 0.0617. The number of hydrogen-bond donors (Lipinski definition) is 0. The number of benzene rings is 1. The monoisotopic (exact) mass is 378 g/mol. The van der Waals surface area contributed by atoms with Crippen LogP contribution in [0.25, 0.3) is 10.9 Å². The van der Waals surface area contributed by atoms with Crippen LogP contribution in [-0.4, -0.2) is 57.9 Å². The van der Waals surface area contributed by atoms with Gasteiger partial charge in [-0.15, -0.1) is 0 Å². The fourth-order valence-corrected chi connectivity index (χ4v) is 4.15. The lowest BCUT2D eigenvalue weighted by Gasteiger charge is -2.37. The van der Waals surface area contributed by atoms with Gasteiger partial charge in [0, 0.05) is 37.3 Å². The summed E-state index contributed by atoms with van der Waals surface area (Å²) in [7, 11) is 0. The summed E-state index contributed by atoms with van der Waals surface area (Å²) in [5.74, 6) is 0.991. The van der Waals surface area contributed by atoms with E-state index in [4.69, 9.17) is 9.15 Å². The molecule has 0 spiro atoms. The largest absolute Gasteiger partial charge is 0.482 e. The molecular weight excluding hydrogens is 356 g/mol. The Morgan fingerprint density at radius 1 is 1.21 bits per heavy atom. The Hall–Kier alpha value is -2.93. The van der Waals surface area contributed by atoms with Gasteiger partial charge < -0.3 is 14.1 Å². The number of fused-ring (bicyclic) bond motifs is 2. The molecule has 1 amide bonds. The van der Waals surface area contributed by atoms with Crippen molar-refractivity contribution in [3.8, 4) is 5.75 Å². The van der Waals surface area contributed by atoms with E-state index < -0.39 is 0 Å². The van der Waals surface area contributed by atoms with Crippen LogP contribution in [-0.2, 0) is 6.61 Å². The Kier molecular flexibility index (Phi) is 4.44. The first-order valence-corrected chi connectivity index (χ1v) is 9.72. The summed E-state index contributed by atoms with van der Waals surface area (Å²) in [6.45, 7) is 3.77. The Morgan fingerprint density at radius 2 is 2.14 bits per heavy atom. The second-order valence-corrected chi connectivity index (χ2v) is 7.33. The molecule has 4 heterocycles. The summed E-state index contributed by atoms with van der Waals surface area (Å²) < 4.78 is 11.3. The van der Waals surface area contributed by atoms with Gasteiger partial charge in [0.05, 0.1) is 0 Å². The van der Waals surface area contributed by atoms with Crippen molar-refractivity contribution in [3.05, 3.63) is 54.4 Å². The number of carbonyl (C=O) groups is 1. The highest BCUT2D eigenvalue weighted by Gasteiger charge is 2.33. The molecule has 0 N–H and O–H groups in total. The molecule has 7 heteroatoms. The summed E-state index contributed by atoms with van der Waals surface area (Å²) in [5, 5.41) is 1.01. The van der Waals surface area contributed by atoms with Crippen molar-refractivity contribution in [2.75, 3.05) is 26.2 Å². The molecule has 2 aromatic heterocycles. The minimum Gasteiger partial charge on any atom is -0.482 e. The Labute approximate surface area is 162 Å². The van der Waals surface area contributed by atoms with Crippen molar-refractivity contribution in [2.24, 2.45) is 0 Å². The van der Waals surface area contributed by atoms with Crippen LogP contribution in [0.3, 0.4) is 0 Å². The van der Waals surface area contributed by atoms with Crippen LogP contribution in [0, 0.1) is 0 Å². The highest BCUT2D eigenvalue weighted by atomic mass is 16.5. The third kappa shape index (κ3) is 3.22. The second-order valence-electron chi connectivity index (χ2n) is 7.33. The molecule has 3 aromatic rings. The second kappa shape index (κ2) is 7.24. The Balaban J connectivity index is 1.25. The molecule has 5 rings (SSSR count). The number of para-hydroxylation sites is 1. The predicted octanol–water partition coefficient (Wildman–Crippen LogP) is 2.72. The topological polar surface area (TPSA) is 71.7 Å². The number of pyridine rings is 1. The molecule has 2 aliphatic heterocycles. The average molecular weight is 378 g/mol. The lowest BCUT2D eigenvalue weighted by molar-refractivity contribution is 0.0565. The van der Waals surface area contributed by atoms with Gasteiger partial charge in [-0.1, -0.05) is 18.2 Å². The Morgan fingerprint density at radius 3 is 3.11 bits per heavy atom. The molecule has 28 heavy (non-hydrogen) atoms. The highest BCUT2D eigenvalue weighted by Crippen LogP contribution is 2.24. The highest BCUT2D eigenvalue weighted by molar-refractivity contribution is 5.92. The summed E-state index contributed by atoms with van der Waals surface area (Å²) in [4.78, 5) is 25.9. The van der Waals surface area contributed by atoms with Crippen molar-refractivity contribution in [1.82, 2.24) is 19.8 Å². The first kappa shape index (κ1) is 17.2. The number of hydrogen-bond acceptors (Lipinski definition) is 6. The lowest BCUT2D eigenvalue weighted by Crippen LogP contribution is -2.52. The maximum atomic E-state index is 12.8. The molecule has 1 atom stereocenters. The zero-order chi connectivity index (χ0) is 18.9. The third-order valence-corrected chi connectivity index (χ3v) is 5.59. The fraction of sp³-hybridized carbons (Fsp3) is 0.381. The first-order valence-electron chi connectivity index (χ1n) is 9.72. The third-order valence-electron chi connectivity index (χ3n) is 5.59. The van der Waals surface area contributed by atoms with Gasteiger partial charge in [0.1, 0.15) is 17.5 Å². The van der Waals surface area contributed by atoms with Gasteiger partial charge >= 0.3 is 0 Å². The molecular formula is C21H22N4O3. The van der Waals surface area contributed by atoms with Crippen LogP contribution in [0.1, 0.15) is 29.2 Å². The summed E-state index contributed by atoms with van der Waals surface area (Å²) in [6.07, 6.45) is 5.56. The number of oxazole rings is 1. The van der Waals surface area contributed by atoms with E-state index in [2.05, 4.69) is 14.9 Å². The minimum atomic E-state index is -0.0617. The zero-order valence-corrected chi connectivity index (χ0v) is 15.6. The van der Waals surface area contributed by atoms with Gasteiger partial charge in [0.2, 0.25) is 5.89 Å². The number of nitrogens with zero attached hydrogens (tertiary/aromatic N) is 4. The van der Waals surface area contributed by atoms with Gasteiger partial charge in [-0.25, -0.2) is 4.98 Å². The molecule has 0 bridgehead atoms. The summed E-state index contributed by atoms with van der Waals surface area (Å²) in [6, 6.07) is 10.1.